The Kier molecular flexibility index (Phi) is 3.71. The normalized spacial score (nSPS) is 16.1. The van der Waals surface area contributed by atoms with E-state index < -0.39 is 33.5 Å². The van der Waals surface area contributed by atoms with Crippen LogP contribution in [0.5, 0.6) is 17.2 Å². The van der Waals surface area contributed by atoms with E-state index in [4.69, 9.17) is 9.47 Å². The minimum Gasteiger partial charge on any atom is -0.497 e. The topological polar surface area (TPSA) is 148 Å². The molecule has 0 aliphatic carbocycles. The molecule has 0 spiro atoms. The van der Waals surface area contributed by atoms with E-state index in [1.54, 1.807) is 6.07 Å². The van der Waals surface area contributed by atoms with Crippen LogP contribution in [0.3, 0.4) is 0 Å². The Hall–Kier alpha value is -4.54. The summed E-state index contributed by atoms with van der Waals surface area (Å²) in [5.41, 5.74) is -0.753. The lowest BCUT2D eigenvalue weighted by Crippen LogP contribution is -2.19. The summed E-state index contributed by atoms with van der Waals surface area (Å²) in [6, 6.07) is 6.62. The Labute approximate surface area is 172 Å². The fourth-order valence-electron chi connectivity index (χ4n) is 4.04. The van der Waals surface area contributed by atoms with E-state index in [1.807, 2.05) is 0 Å². The number of fused-ring (bicyclic) bond motifs is 6. The first-order valence-corrected chi connectivity index (χ1v) is 8.85. The van der Waals surface area contributed by atoms with Crippen LogP contribution < -0.4 is 9.47 Å². The van der Waals surface area contributed by atoms with Gasteiger partial charge in [0.1, 0.15) is 17.2 Å². The molecule has 11 nitrogen and oxygen atoms in total. The van der Waals surface area contributed by atoms with Gasteiger partial charge in [-0.25, -0.2) is 9.59 Å². The number of benzene rings is 3. The minimum atomic E-state index is -1.46. The van der Waals surface area contributed by atoms with Gasteiger partial charge in [0, 0.05) is 10.3 Å². The van der Waals surface area contributed by atoms with Gasteiger partial charge in [0.15, 0.2) is 0 Å². The lowest BCUT2D eigenvalue weighted by molar-refractivity contribution is -0.517. The van der Waals surface area contributed by atoms with Crippen LogP contribution in [-0.4, -0.2) is 28.9 Å². The van der Waals surface area contributed by atoms with Gasteiger partial charge in [-0.3, -0.25) is 20.2 Å². The summed E-state index contributed by atoms with van der Waals surface area (Å²) in [7, 11) is 1.41. The molecule has 0 aromatic heterocycles. The Morgan fingerprint density at radius 3 is 2.42 bits per heavy atom. The van der Waals surface area contributed by atoms with Crippen LogP contribution in [0.25, 0.3) is 10.8 Å². The Morgan fingerprint density at radius 2 is 1.74 bits per heavy atom. The maximum atomic E-state index is 12.3. The van der Waals surface area contributed by atoms with Gasteiger partial charge in [0.2, 0.25) is 0 Å². The first-order chi connectivity index (χ1) is 14.8. The predicted octanol–water partition coefficient (Wildman–Crippen LogP) is 3.54. The summed E-state index contributed by atoms with van der Waals surface area (Å²) in [4.78, 5) is 46.8. The van der Waals surface area contributed by atoms with Crippen LogP contribution >= 0.6 is 0 Å². The smallest absolute Gasteiger partial charge is 0.347 e. The van der Waals surface area contributed by atoms with Crippen molar-refractivity contribution >= 4 is 28.4 Å². The average molecular weight is 422 g/mol. The number of hydrogen-bond acceptors (Lipinski definition) is 9. The molecule has 0 radical (unpaired) electrons. The summed E-state index contributed by atoms with van der Waals surface area (Å²) in [5.74, 6) is -1.56. The van der Waals surface area contributed by atoms with Crippen molar-refractivity contribution in [1.29, 1.82) is 0 Å². The fourth-order valence-corrected chi connectivity index (χ4v) is 4.04. The lowest BCUT2D eigenvalue weighted by Gasteiger charge is -2.25. The molecule has 0 saturated carbocycles. The second kappa shape index (κ2) is 6.23. The summed E-state index contributed by atoms with van der Waals surface area (Å²) in [6.45, 7) is 0. The van der Waals surface area contributed by atoms with Crippen molar-refractivity contribution in [2.75, 3.05) is 7.11 Å². The third-order valence-electron chi connectivity index (χ3n) is 5.31. The second-order valence-corrected chi connectivity index (χ2v) is 6.85. The van der Waals surface area contributed by atoms with E-state index in [-0.39, 0.29) is 44.5 Å². The Balaban J connectivity index is 1.91. The van der Waals surface area contributed by atoms with Gasteiger partial charge in [-0.1, -0.05) is 6.07 Å². The highest BCUT2D eigenvalue weighted by molar-refractivity contribution is 6.23. The van der Waals surface area contributed by atoms with Crippen molar-refractivity contribution in [1.82, 2.24) is 0 Å². The van der Waals surface area contributed by atoms with Crippen molar-refractivity contribution < 1.29 is 33.6 Å². The minimum absolute atomic E-state index is 0.0290. The molecule has 1 unspecified atom stereocenters. The van der Waals surface area contributed by atoms with Crippen molar-refractivity contribution in [3.63, 3.8) is 0 Å². The van der Waals surface area contributed by atoms with E-state index in [9.17, 15) is 29.8 Å². The maximum Gasteiger partial charge on any atom is 0.347 e. The monoisotopic (exact) mass is 422 g/mol. The molecule has 2 aliphatic rings. The van der Waals surface area contributed by atoms with Crippen LogP contribution in [0.2, 0.25) is 0 Å². The van der Waals surface area contributed by atoms with E-state index in [0.717, 1.165) is 6.07 Å². The standard InChI is InChI=1S/C20H10N2O9/c1-29-8-2-5-13-11(6-8)18(22(27)28)16-9-3-4-10-17(20(24)31-19(10)23)15(9)12(21(25)26)7-14(16)30-13/h2-7,18H,1H3. The van der Waals surface area contributed by atoms with Crippen molar-refractivity contribution in [2.24, 2.45) is 0 Å². The number of nitrogens with zero attached hydrogens (tertiary/aromatic N) is 2. The number of non-ortho nitro benzene ring substituents is 1. The molecule has 2 aliphatic heterocycles. The van der Waals surface area contributed by atoms with Crippen LogP contribution in [0.1, 0.15) is 37.9 Å². The first-order valence-electron chi connectivity index (χ1n) is 8.85. The number of nitro groups is 2. The summed E-state index contributed by atoms with van der Waals surface area (Å²) >= 11 is 0. The highest BCUT2D eigenvalue weighted by atomic mass is 16.6. The number of ether oxygens (including phenoxy) is 3. The molecule has 31 heavy (non-hydrogen) atoms. The van der Waals surface area contributed by atoms with Crippen LogP contribution in [0.4, 0.5) is 5.69 Å². The third kappa shape index (κ3) is 2.46. The molecule has 11 heteroatoms. The van der Waals surface area contributed by atoms with Crippen molar-refractivity contribution in [3.8, 4) is 17.2 Å². The molecule has 0 bridgehead atoms. The van der Waals surface area contributed by atoms with E-state index in [0.29, 0.717) is 5.75 Å². The van der Waals surface area contributed by atoms with Crippen LogP contribution in [0, 0.1) is 20.2 Å². The van der Waals surface area contributed by atoms with Gasteiger partial charge in [0.25, 0.3) is 11.7 Å². The number of cyclic esters (lactones) is 2. The van der Waals surface area contributed by atoms with E-state index in [1.165, 1.54) is 31.4 Å². The van der Waals surface area contributed by atoms with Crippen LogP contribution in [-0.2, 0) is 4.74 Å². The van der Waals surface area contributed by atoms with Gasteiger partial charge >= 0.3 is 11.9 Å². The summed E-state index contributed by atoms with van der Waals surface area (Å²) in [5, 5.41) is 23.8. The number of hydrogen-bond donors (Lipinski definition) is 0. The molecule has 0 fully saturated rings. The van der Waals surface area contributed by atoms with Crippen molar-refractivity contribution in [2.45, 2.75) is 6.04 Å². The van der Waals surface area contributed by atoms with Gasteiger partial charge in [-0.15, -0.1) is 0 Å². The number of nitro benzene ring substituents is 1. The highest BCUT2D eigenvalue weighted by Crippen LogP contribution is 2.51. The largest absolute Gasteiger partial charge is 0.497 e. The lowest BCUT2D eigenvalue weighted by atomic mass is 9.87. The molecule has 3 aromatic carbocycles. The molecule has 0 saturated heterocycles. The summed E-state index contributed by atoms with van der Waals surface area (Å²) in [6.07, 6.45) is 0. The molecule has 1 atom stereocenters. The van der Waals surface area contributed by atoms with Crippen molar-refractivity contribution in [3.05, 3.63) is 78.9 Å². The zero-order valence-electron chi connectivity index (χ0n) is 15.6. The zero-order valence-corrected chi connectivity index (χ0v) is 15.6. The van der Waals surface area contributed by atoms with Gasteiger partial charge in [-0.2, -0.15) is 0 Å². The molecular formula is C20H10N2O9. The second-order valence-electron chi connectivity index (χ2n) is 6.85. The van der Waals surface area contributed by atoms with Gasteiger partial charge in [0.05, 0.1) is 45.7 Å². The van der Waals surface area contributed by atoms with Crippen LogP contribution in [0.15, 0.2) is 36.4 Å². The SMILES string of the molecule is COc1ccc2c(c1)C([N+](=O)[O-])c1c(cc([N+](=O)[O-])c3c4c(ccc13)C(=O)OC4=O)O2. The first kappa shape index (κ1) is 18.5. The van der Waals surface area contributed by atoms with E-state index in [2.05, 4.69) is 4.74 Å². The average Bonchev–Trinajstić information content (AvgIpc) is 3.04. The number of methoxy groups -OCH3 is 1. The number of esters is 2. The highest BCUT2D eigenvalue weighted by Gasteiger charge is 2.42. The Morgan fingerprint density at radius 1 is 0.968 bits per heavy atom. The maximum absolute atomic E-state index is 12.3. The predicted molar refractivity (Wildman–Crippen MR) is 102 cm³/mol. The zero-order chi connectivity index (χ0) is 22.0. The quantitative estimate of drug-likeness (QED) is 0.267. The Bertz CT molecular complexity index is 1380. The molecule has 2 heterocycles. The molecule has 3 aromatic rings. The van der Waals surface area contributed by atoms with Gasteiger partial charge < -0.3 is 14.2 Å². The van der Waals surface area contributed by atoms with Gasteiger partial charge in [-0.05, 0) is 24.3 Å². The molecule has 0 amide bonds. The molecule has 154 valence electrons. The number of rotatable bonds is 3. The number of carbonyl (C=O) groups excluding carboxylic acids is 2. The summed E-state index contributed by atoms with van der Waals surface area (Å²) < 4.78 is 15.5. The molecular weight excluding hydrogens is 412 g/mol. The van der Waals surface area contributed by atoms with E-state index >= 15 is 0 Å². The number of carbonyl (C=O) groups is 2. The molecule has 0 N–H and O–H groups in total. The fraction of sp³-hybridized carbons (Fsp3) is 0.100. The molecule has 5 rings (SSSR count). The third-order valence-corrected chi connectivity index (χ3v) is 5.31.